The monoisotopic (exact) mass is 622 g/mol. The van der Waals surface area contributed by atoms with E-state index in [-0.39, 0.29) is 23.7 Å². The van der Waals surface area contributed by atoms with Crippen molar-refractivity contribution in [3.8, 4) is 10.4 Å². The molecule has 9 nitrogen and oxygen atoms in total. The van der Waals surface area contributed by atoms with Gasteiger partial charge in [0.2, 0.25) is 11.9 Å². The highest BCUT2D eigenvalue weighted by molar-refractivity contribution is 7.15. The van der Waals surface area contributed by atoms with Crippen LogP contribution in [-0.2, 0) is 29.7 Å². The van der Waals surface area contributed by atoms with Crippen LogP contribution in [0.15, 0.2) is 54.9 Å². The smallest absolute Gasteiger partial charge is 0.383 e. The molecule has 228 valence electrons. The number of amides is 2. The molecular weight excluding hydrogens is 593 g/mol. The third kappa shape index (κ3) is 6.29. The van der Waals surface area contributed by atoms with Crippen molar-refractivity contribution in [1.29, 1.82) is 0 Å². The molecule has 0 bridgehead atoms. The van der Waals surface area contributed by atoms with Gasteiger partial charge in [0.05, 0.1) is 4.88 Å². The van der Waals surface area contributed by atoms with Gasteiger partial charge in [0.1, 0.15) is 16.3 Å². The van der Waals surface area contributed by atoms with Gasteiger partial charge in [-0.1, -0.05) is 18.2 Å². The third-order valence-corrected chi connectivity index (χ3v) is 9.22. The largest absolute Gasteiger partial charge is 0.433 e. The van der Waals surface area contributed by atoms with Gasteiger partial charge in [-0.3, -0.25) is 9.59 Å². The van der Waals surface area contributed by atoms with E-state index in [0.717, 1.165) is 39.4 Å². The highest BCUT2D eigenvalue weighted by Crippen LogP contribution is 2.43. The van der Waals surface area contributed by atoms with Gasteiger partial charge in [-0.05, 0) is 79.1 Å². The molecule has 0 atom stereocenters. The predicted octanol–water partition coefficient (Wildman–Crippen LogP) is 5.61. The molecule has 0 saturated heterocycles. The first kappa shape index (κ1) is 29.7. The fourth-order valence-corrected chi connectivity index (χ4v) is 6.65. The number of fused-ring (bicyclic) bond motifs is 1. The van der Waals surface area contributed by atoms with Crippen LogP contribution in [0, 0.1) is 12.8 Å². The molecule has 0 unspecified atom stereocenters. The highest BCUT2D eigenvalue weighted by Gasteiger charge is 2.39. The molecule has 1 fully saturated rings. The highest BCUT2D eigenvalue weighted by atomic mass is 32.1. The molecule has 13 heteroatoms. The molecule has 0 spiro atoms. The Morgan fingerprint density at radius 2 is 1.93 bits per heavy atom. The van der Waals surface area contributed by atoms with Crippen LogP contribution in [0.5, 0.6) is 0 Å². The zero-order valence-electron chi connectivity index (χ0n) is 23.7. The lowest BCUT2D eigenvalue weighted by atomic mass is 9.78. The Hall–Kier alpha value is -4.36. The zero-order chi connectivity index (χ0) is 31.1. The molecule has 1 saturated carbocycles. The van der Waals surface area contributed by atoms with Crippen molar-refractivity contribution in [2.45, 2.75) is 57.5 Å². The molecule has 4 aromatic rings. The molecule has 1 aliphatic carbocycles. The number of anilines is 2. The van der Waals surface area contributed by atoms with E-state index in [4.69, 9.17) is 0 Å². The first-order valence-electron chi connectivity index (χ1n) is 14.1. The Bertz CT molecular complexity index is 1730. The molecule has 3 heterocycles. The number of aryl methyl sites for hydroxylation is 1. The SMILES string of the molecule is Cc1cc(Nc2nccc(C(F)(F)F)n2)cc(-c2cnc([C@]3(O)CC[C@@H](C(=O)NCc4ccc5c(c4)C(=O)NC5)CC3)s2)c1. The summed E-state index contributed by atoms with van der Waals surface area (Å²) in [5, 5.41) is 20.6. The van der Waals surface area contributed by atoms with Crippen molar-refractivity contribution in [3.05, 3.63) is 87.8 Å². The fraction of sp³-hybridized carbons (Fsp3) is 0.323. The lowest BCUT2D eigenvalue weighted by Crippen LogP contribution is -2.38. The number of benzene rings is 2. The molecule has 44 heavy (non-hydrogen) atoms. The maximum atomic E-state index is 13.1. The summed E-state index contributed by atoms with van der Waals surface area (Å²) in [6.07, 6.45) is -0.0955. The van der Waals surface area contributed by atoms with Crippen molar-refractivity contribution in [2.75, 3.05) is 5.32 Å². The van der Waals surface area contributed by atoms with Crippen LogP contribution < -0.4 is 16.0 Å². The third-order valence-electron chi connectivity index (χ3n) is 7.98. The van der Waals surface area contributed by atoms with Crippen LogP contribution in [0.3, 0.4) is 0 Å². The Balaban J connectivity index is 1.08. The summed E-state index contributed by atoms with van der Waals surface area (Å²) < 4.78 is 39.2. The summed E-state index contributed by atoms with van der Waals surface area (Å²) in [4.78, 5) is 37.6. The normalized spacial score (nSPS) is 19.8. The molecule has 6 rings (SSSR count). The molecular formula is C31H29F3N6O3S. The lowest BCUT2D eigenvalue weighted by Gasteiger charge is -2.33. The van der Waals surface area contributed by atoms with Crippen molar-refractivity contribution >= 4 is 34.8 Å². The average molecular weight is 623 g/mol. The number of alkyl halides is 3. The Labute approximate surface area is 255 Å². The topological polar surface area (TPSA) is 129 Å². The van der Waals surface area contributed by atoms with Crippen molar-refractivity contribution in [2.24, 2.45) is 5.92 Å². The number of hydrogen-bond donors (Lipinski definition) is 4. The Kier molecular flexibility index (Phi) is 7.84. The molecule has 2 aliphatic rings. The standard InChI is InChI=1S/C31H29F3N6O3S/c1-17-10-21(13-22(11-17)39-29-35-9-6-25(40-29)31(32,33)34)24-16-38-28(44-24)30(43)7-4-19(5-8-30)26(41)36-14-18-2-3-20-15-37-27(42)23(20)12-18/h2-3,6,9-13,16,19,43H,4-5,7-8,14-15H2,1H3,(H,36,41)(H,37,42)(H,35,39,40)/t19-,30+. The molecule has 2 aromatic carbocycles. The lowest BCUT2D eigenvalue weighted by molar-refractivity contribution is -0.141. The second kappa shape index (κ2) is 11.6. The van der Waals surface area contributed by atoms with E-state index in [9.17, 15) is 27.9 Å². The van der Waals surface area contributed by atoms with Gasteiger partial charge in [-0.15, -0.1) is 11.3 Å². The number of rotatable bonds is 7. The number of aliphatic hydroxyl groups is 1. The van der Waals surface area contributed by atoms with Crippen LogP contribution in [0.2, 0.25) is 0 Å². The number of carbonyl (C=O) groups excluding carboxylic acids is 2. The number of hydrogen-bond acceptors (Lipinski definition) is 8. The maximum Gasteiger partial charge on any atom is 0.433 e. The fourth-order valence-electron chi connectivity index (χ4n) is 5.60. The minimum atomic E-state index is -4.58. The van der Waals surface area contributed by atoms with E-state index >= 15 is 0 Å². The first-order valence-corrected chi connectivity index (χ1v) is 14.9. The van der Waals surface area contributed by atoms with E-state index in [1.807, 2.05) is 31.2 Å². The summed E-state index contributed by atoms with van der Waals surface area (Å²) in [5.41, 5.74) is 2.41. The number of nitrogens with one attached hydrogen (secondary N) is 3. The molecule has 0 radical (unpaired) electrons. The first-order chi connectivity index (χ1) is 21.0. The number of halogens is 3. The van der Waals surface area contributed by atoms with E-state index in [0.29, 0.717) is 55.0 Å². The van der Waals surface area contributed by atoms with Crippen LogP contribution in [0.4, 0.5) is 24.8 Å². The summed E-state index contributed by atoms with van der Waals surface area (Å²) in [6.45, 7) is 2.71. The van der Waals surface area contributed by atoms with Crippen LogP contribution in [0.25, 0.3) is 10.4 Å². The molecule has 4 N–H and O–H groups in total. The molecule has 2 aromatic heterocycles. The quantitative estimate of drug-likeness (QED) is 0.211. The van der Waals surface area contributed by atoms with E-state index in [1.54, 1.807) is 18.3 Å². The number of carbonyl (C=O) groups is 2. The zero-order valence-corrected chi connectivity index (χ0v) is 24.5. The average Bonchev–Trinajstić information content (AvgIpc) is 3.64. The van der Waals surface area contributed by atoms with Gasteiger partial charge in [-0.25, -0.2) is 15.0 Å². The van der Waals surface area contributed by atoms with Crippen molar-refractivity contribution in [1.82, 2.24) is 25.6 Å². The minimum absolute atomic E-state index is 0.0821. The van der Waals surface area contributed by atoms with Gasteiger partial charge in [0.15, 0.2) is 0 Å². The van der Waals surface area contributed by atoms with Crippen LogP contribution in [0.1, 0.15) is 63.4 Å². The van der Waals surface area contributed by atoms with Gasteiger partial charge in [0.25, 0.3) is 5.91 Å². The predicted molar refractivity (Wildman–Crippen MR) is 158 cm³/mol. The molecule has 1 aliphatic heterocycles. The summed E-state index contributed by atoms with van der Waals surface area (Å²) >= 11 is 1.35. The van der Waals surface area contributed by atoms with Crippen molar-refractivity contribution < 1.29 is 27.9 Å². The van der Waals surface area contributed by atoms with E-state index in [2.05, 4.69) is 30.9 Å². The number of thiazole rings is 1. The second-order valence-corrected chi connectivity index (χ2v) is 12.2. The number of aromatic nitrogens is 3. The van der Waals surface area contributed by atoms with Gasteiger partial charge in [-0.2, -0.15) is 13.2 Å². The number of nitrogens with zero attached hydrogens (tertiary/aromatic N) is 3. The van der Waals surface area contributed by atoms with Crippen molar-refractivity contribution in [3.63, 3.8) is 0 Å². The Morgan fingerprint density at radius 1 is 1.14 bits per heavy atom. The summed E-state index contributed by atoms with van der Waals surface area (Å²) in [5.74, 6) is -0.595. The van der Waals surface area contributed by atoms with Crippen LogP contribution >= 0.6 is 11.3 Å². The van der Waals surface area contributed by atoms with Gasteiger partial charge in [0, 0.05) is 42.7 Å². The summed E-state index contributed by atoms with van der Waals surface area (Å²) in [7, 11) is 0. The minimum Gasteiger partial charge on any atom is -0.383 e. The van der Waals surface area contributed by atoms with Gasteiger partial charge < -0.3 is 21.1 Å². The Morgan fingerprint density at radius 3 is 2.70 bits per heavy atom. The maximum absolute atomic E-state index is 13.1. The van der Waals surface area contributed by atoms with Gasteiger partial charge >= 0.3 is 6.18 Å². The second-order valence-electron chi connectivity index (χ2n) is 11.2. The summed E-state index contributed by atoms with van der Waals surface area (Å²) in [6, 6.07) is 11.9. The molecule has 2 amide bonds. The van der Waals surface area contributed by atoms with E-state index in [1.165, 1.54) is 11.3 Å². The van der Waals surface area contributed by atoms with E-state index < -0.39 is 17.5 Å². The van der Waals surface area contributed by atoms with Crippen LogP contribution in [-0.4, -0.2) is 31.9 Å².